The lowest BCUT2D eigenvalue weighted by Crippen LogP contribution is -1.94. The molecule has 0 heterocycles. The van der Waals surface area contributed by atoms with E-state index in [2.05, 4.69) is 0 Å². The van der Waals surface area contributed by atoms with E-state index in [-0.39, 0.29) is 40.2 Å². The van der Waals surface area contributed by atoms with Crippen LogP contribution in [0.2, 0.25) is 0 Å². The molecule has 0 radical (unpaired) electrons. The number of benzene rings is 4. The Morgan fingerprint density at radius 1 is 0.441 bits per heavy atom. The summed E-state index contributed by atoms with van der Waals surface area (Å²) in [6, 6.07) is 22.0. The van der Waals surface area contributed by atoms with Gasteiger partial charge in [-0.05, 0) is 96.5 Å². The van der Waals surface area contributed by atoms with Crippen molar-refractivity contribution in [3.8, 4) is 40.2 Å². The highest BCUT2D eigenvalue weighted by Gasteiger charge is 2.11. The van der Waals surface area contributed by atoms with Gasteiger partial charge in [0.1, 0.15) is 5.75 Å². The first kappa shape index (κ1) is 22.9. The molecule has 0 spiro atoms. The van der Waals surface area contributed by atoms with E-state index in [0.29, 0.717) is 19.3 Å². The molecule has 0 saturated heterocycles. The summed E-state index contributed by atoms with van der Waals surface area (Å²) in [7, 11) is 0. The molecule has 4 aromatic rings. The molecule has 4 rings (SSSR count). The number of hydrogen-bond donors (Lipinski definition) is 5. The number of hydrogen-bond acceptors (Lipinski definition) is 6. The molecule has 5 N–H and O–H groups in total. The van der Waals surface area contributed by atoms with Crippen molar-refractivity contribution in [1.29, 1.82) is 0 Å². The summed E-state index contributed by atoms with van der Waals surface area (Å²) in [5.74, 6) is 0.310. The fourth-order valence-corrected chi connectivity index (χ4v) is 3.73. The van der Waals surface area contributed by atoms with E-state index in [1.54, 1.807) is 48.5 Å². The third-order valence-corrected chi connectivity index (χ3v) is 5.62. The minimum absolute atomic E-state index is 0.0308. The van der Waals surface area contributed by atoms with Crippen molar-refractivity contribution in [1.82, 2.24) is 0 Å². The van der Waals surface area contributed by atoms with Crippen LogP contribution in [0, 0.1) is 0 Å². The van der Waals surface area contributed by atoms with Gasteiger partial charge in [0.2, 0.25) is 0 Å². The maximum Gasteiger partial charge on any atom is 0.169 e. The van der Waals surface area contributed by atoms with Crippen molar-refractivity contribution in [2.45, 2.75) is 25.7 Å². The van der Waals surface area contributed by atoms with Crippen molar-refractivity contribution < 1.29 is 30.3 Å². The van der Waals surface area contributed by atoms with Gasteiger partial charge in [0, 0.05) is 0 Å². The molecular weight excluding hydrogens is 432 g/mol. The molecule has 6 heteroatoms. The van der Waals surface area contributed by atoms with E-state index < -0.39 is 0 Å². The average molecular weight is 459 g/mol. The number of phenols is 5. The predicted octanol–water partition coefficient (Wildman–Crippen LogP) is 5.58. The largest absolute Gasteiger partial charge is 0.508 e. The Bertz CT molecular complexity index is 1300. The van der Waals surface area contributed by atoms with Crippen molar-refractivity contribution in [2.24, 2.45) is 0 Å². The smallest absolute Gasteiger partial charge is 0.169 e. The minimum Gasteiger partial charge on any atom is -0.508 e. The highest BCUT2D eigenvalue weighted by atomic mass is 16.5. The Hall–Kier alpha value is -4.32. The van der Waals surface area contributed by atoms with Crippen LogP contribution in [0.15, 0.2) is 78.9 Å². The van der Waals surface area contributed by atoms with Crippen LogP contribution in [0.3, 0.4) is 0 Å². The van der Waals surface area contributed by atoms with Gasteiger partial charge < -0.3 is 30.3 Å². The summed E-state index contributed by atoms with van der Waals surface area (Å²) in [5, 5.41) is 49.4. The minimum atomic E-state index is -0.159. The molecule has 0 aliphatic carbocycles. The van der Waals surface area contributed by atoms with Crippen LogP contribution in [0.5, 0.6) is 40.2 Å². The topological polar surface area (TPSA) is 110 Å². The van der Waals surface area contributed by atoms with Gasteiger partial charge in [0.15, 0.2) is 34.5 Å². The number of aromatic hydroxyl groups is 5. The standard InChI is InChI=1S/C28H26O6/c29-22-3-1-2-18(14-22)4-7-21-9-12-24(31)28(17-21)34-27-13-10-20(16-26(27)33)6-5-19-8-11-23(30)25(32)15-19/h1-3,8-17,29-33H,4-7H2. The summed E-state index contributed by atoms with van der Waals surface area (Å²) in [6.45, 7) is 0. The van der Waals surface area contributed by atoms with Gasteiger partial charge in [0.05, 0.1) is 0 Å². The van der Waals surface area contributed by atoms with Crippen LogP contribution in [0.1, 0.15) is 22.3 Å². The van der Waals surface area contributed by atoms with Gasteiger partial charge in [-0.3, -0.25) is 0 Å². The highest BCUT2D eigenvalue weighted by molar-refractivity contribution is 5.49. The van der Waals surface area contributed by atoms with E-state index >= 15 is 0 Å². The van der Waals surface area contributed by atoms with Gasteiger partial charge in [-0.25, -0.2) is 0 Å². The molecule has 4 aromatic carbocycles. The van der Waals surface area contributed by atoms with E-state index in [1.165, 1.54) is 12.1 Å². The van der Waals surface area contributed by atoms with Gasteiger partial charge in [-0.15, -0.1) is 0 Å². The molecule has 0 saturated carbocycles. The Balaban J connectivity index is 1.41. The normalized spacial score (nSPS) is 10.8. The van der Waals surface area contributed by atoms with Gasteiger partial charge >= 0.3 is 0 Å². The monoisotopic (exact) mass is 458 g/mol. The summed E-state index contributed by atoms with van der Waals surface area (Å²) in [6.07, 6.45) is 2.65. The molecule has 34 heavy (non-hydrogen) atoms. The fraction of sp³-hybridized carbons (Fsp3) is 0.143. The molecule has 0 aromatic heterocycles. The van der Waals surface area contributed by atoms with Crippen LogP contribution in [0.4, 0.5) is 0 Å². The third-order valence-electron chi connectivity index (χ3n) is 5.62. The van der Waals surface area contributed by atoms with Gasteiger partial charge in [-0.1, -0.05) is 30.3 Å². The average Bonchev–Trinajstić information content (AvgIpc) is 2.82. The van der Waals surface area contributed by atoms with Crippen molar-refractivity contribution in [3.63, 3.8) is 0 Å². The number of phenolic OH excluding ortho intramolecular Hbond substituents is 5. The second-order valence-electron chi connectivity index (χ2n) is 8.20. The Kier molecular flexibility index (Phi) is 6.78. The second kappa shape index (κ2) is 10.1. The lowest BCUT2D eigenvalue weighted by Gasteiger charge is -2.12. The molecule has 0 fully saturated rings. The zero-order chi connectivity index (χ0) is 24.1. The summed E-state index contributed by atoms with van der Waals surface area (Å²) in [4.78, 5) is 0. The number of aryl methyl sites for hydroxylation is 4. The summed E-state index contributed by atoms with van der Waals surface area (Å²) in [5.41, 5.74) is 3.69. The lowest BCUT2D eigenvalue weighted by atomic mass is 10.0. The molecule has 174 valence electrons. The quantitative estimate of drug-likeness (QED) is 0.221. The Morgan fingerprint density at radius 3 is 1.62 bits per heavy atom. The Morgan fingerprint density at radius 2 is 1.00 bits per heavy atom. The summed E-state index contributed by atoms with van der Waals surface area (Å²) >= 11 is 0. The van der Waals surface area contributed by atoms with E-state index in [4.69, 9.17) is 4.74 Å². The van der Waals surface area contributed by atoms with E-state index in [9.17, 15) is 25.5 Å². The van der Waals surface area contributed by atoms with Gasteiger partial charge in [-0.2, -0.15) is 0 Å². The molecule has 0 aliphatic heterocycles. The van der Waals surface area contributed by atoms with Crippen LogP contribution in [-0.4, -0.2) is 25.5 Å². The van der Waals surface area contributed by atoms with Crippen molar-refractivity contribution in [2.75, 3.05) is 0 Å². The first-order chi connectivity index (χ1) is 16.4. The molecule has 0 bridgehead atoms. The van der Waals surface area contributed by atoms with Crippen molar-refractivity contribution in [3.05, 3.63) is 101 Å². The molecule has 6 nitrogen and oxygen atoms in total. The SMILES string of the molecule is Oc1cccc(CCc2ccc(O)c(Oc3ccc(CCc4ccc(O)c(O)c4)cc3O)c2)c1. The van der Waals surface area contributed by atoms with Crippen LogP contribution < -0.4 is 4.74 Å². The maximum atomic E-state index is 10.5. The first-order valence-electron chi connectivity index (χ1n) is 11.0. The fourth-order valence-electron chi connectivity index (χ4n) is 3.73. The number of ether oxygens (including phenoxy) is 1. The third kappa shape index (κ3) is 5.72. The van der Waals surface area contributed by atoms with Crippen LogP contribution in [-0.2, 0) is 25.7 Å². The Labute approximate surface area is 197 Å². The first-order valence-corrected chi connectivity index (χ1v) is 11.0. The molecule has 0 amide bonds. The maximum absolute atomic E-state index is 10.5. The van der Waals surface area contributed by atoms with E-state index in [1.807, 2.05) is 18.2 Å². The predicted molar refractivity (Wildman–Crippen MR) is 129 cm³/mol. The summed E-state index contributed by atoms with van der Waals surface area (Å²) < 4.78 is 5.80. The molecule has 0 aliphatic rings. The second-order valence-corrected chi connectivity index (χ2v) is 8.20. The van der Waals surface area contributed by atoms with Gasteiger partial charge in [0.25, 0.3) is 0 Å². The van der Waals surface area contributed by atoms with Crippen LogP contribution in [0.25, 0.3) is 0 Å². The molecular formula is C28H26O6. The zero-order valence-corrected chi connectivity index (χ0v) is 18.5. The zero-order valence-electron chi connectivity index (χ0n) is 18.5. The highest BCUT2D eigenvalue weighted by Crippen LogP contribution is 2.37. The lowest BCUT2D eigenvalue weighted by molar-refractivity contribution is 0.384. The molecule has 0 unspecified atom stereocenters. The van der Waals surface area contributed by atoms with Crippen molar-refractivity contribution >= 4 is 0 Å². The van der Waals surface area contributed by atoms with Crippen LogP contribution >= 0.6 is 0 Å². The van der Waals surface area contributed by atoms with E-state index in [0.717, 1.165) is 28.7 Å². The molecule has 0 atom stereocenters. The number of rotatable bonds is 8.